The number of benzene rings is 1. The molecule has 8 heteroatoms. The Kier molecular flexibility index (Phi) is 5.98. The van der Waals surface area contributed by atoms with Gasteiger partial charge in [0.1, 0.15) is 22.8 Å². The number of carboxylic acid groups (broad SMARTS) is 1. The second-order valence-electron chi connectivity index (χ2n) is 9.12. The summed E-state index contributed by atoms with van der Waals surface area (Å²) >= 11 is 0. The molecule has 1 aliphatic rings. The van der Waals surface area contributed by atoms with Crippen LogP contribution in [0, 0.1) is 0 Å². The number of carbonyl (C=O) groups excluding carboxylic acids is 1. The van der Waals surface area contributed by atoms with Crippen LogP contribution in [0.15, 0.2) is 40.8 Å². The Morgan fingerprint density at radius 2 is 1.77 bits per heavy atom. The monoisotopic (exact) mass is 428 g/mol. The predicted octanol–water partition coefficient (Wildman–Crippen LogP) is 3.89. The summed E-state index contributed by atoms with van der Waals surface area (Å²) in [6.07, 6.45) is 4.15. The highest BCUT2D eigenvalue weighted by Gasteiger charge is 2.45. The molecule has 8 nitrogen and oxygen atoms in total. The van der Waals surface area contributed by atoms with Gasteiger partial charge in [0.05, 0.1) is 0 Å². The predicted molar refractivity (Wildman–Crippen MR) is 115 cm³/mol. The molecule has 1 aromatic heterocycles. The molecule has 0 spiro atoms. The molecular weight excluding hydrogens is 400 g/mol. The first-order valence-electron chi connectivity index (χ1n) is 10.0. The lowest BCUT2D eigenvalue weighted by Gasteiger charge is -2.51. The number of hydroxylamine groups is 2. The van der Waals surface area contributed by atoms with Crippen LogP contribution in [-0.2, 0) is 4.79 Å². The van der Waals surface area contributed by atoms with Gasteiger partial charge in [0, 0.05) is 28.8 Å². The number of hydrogen-bond acceptors (Lipinski definition) is 6. The Balaban J connectivity index is 1.67. The fourth-order valence-corrected chi connectivity index (χ4v) is 4.24. The standard InChI is InChI=1S/C23H28N2O6/c1-22(2)12-15(13-23(3,4)25(22)30)24-20(27)10-7-16-6-9-19(31-16)14-5-8-18(26)17(11-14)21(28)29/h5-11,15,26,30H,12-13H2,1-4H3,(H,24,27)(H,28,29)/b10-7+. The molecule has 1 saturated heterocycles. The summed E-state index contributed by atoms with van der Waals surface area (Å²) in [5.41, 5.74) is -0.638. The first-order valence-corrected chi connectivity index (χ1v) is 10.0. The molecule has 31 heavy (non-hydrogen) atoms. The molecule has 0 unspecified atom stereocenters. The SMILES string of the molecule is CC1(C)CC(NC(=O)/C=C/c2ccc(-c3ccc(O)c(C(=O)O)c3)o2)CC(C)(C)N1O. The first kappa shape index (κ1) is 22.6. The Morgan fingerprint density at radius 3 is 2.39 bits per heavy atom. The Labute approximate surface area is 180 Å². The van der Waals surface area contributed by atoms with Gasteiger partial charge in [-0.15, -0.1) is 0 Å². The van der Waals surface area contributed by atoms with Gasteiger partial charge in [0.15, 0.2) is 0 Å². The molecule has 0 atom stereocenters. The molecule has 166 valence electrons. The van der Waals surface area contributed by atoms with E-state index in [1.165, 1.54) is 29.3 Å². The molecule has 1 amide bonds. The van der Waals surface area contributed by atoms with Crippen LogP contribution in [0.5, 0.6) is 5.75 Å². The molecular formula is C23H28N2O6. The van der Waals surface area contributed by atoms with E-state index < -0.39 is 17.0 Å². The highest BCUT2D eigenvalue weighted by Crippen LogP contribution is 2.36. The molecule has 0 bridgehead atoms. The Bertz CT molecular complexity index is 1000. The molecule has 1 aliphatic heterocycles. The van der Waals surface area contributed by atoms with E-state index in [9.17, 15) is 19.9 Å². The molecule has 3 rings (SSSR count). The van der Waals surface area contributed by atoms with Crippen LogP contribution in [0.2, 0.25) is 0 Å². The number of aromatic hydroxyl groups is 1. The molecule has 4 N–H and O–H groups in total. The fourth-order valence-electron chi connectivity index (χ4n) is 4.24. The Morgan fingerprint density at radius 1 is 1.13 bits per heavy atom. The number of amides is 1. The molecule has 0 aliphatic carbocycles. The average Bonchev–Trinajstić information content (AvgIpc) is 3.13. The van der Waals surface area contributed by atoms with Crippen molar-refractivity contribution in [2.24, 2.45) is 0 Å². The second kappa shape index (κ2) is 8.20. The Hall–Kier alpha value is -3.10. The number of furan rings is 1. The average molecular weight is 428 g/mol. The van der Waals surface area contributed by atoms with Crippen LogP contribution in [0.4, 0.5) is 0 Å². The maximum absolute atomic E-state index is 12.4. The lowest BCUT2D eigenvalue weighted by molar-refractivity contribution is -0.245. The quantitative estimate of drug-likeness (QED) is 0.533. The van der Waals surface area contributed by atoms with Gasteiger partial charge in [-0.3, -0.25) is 4.79 Å². The number of nitrogens with zero attached hydrogens (tertiary/aromatic N) is 1. The van der Waals surface area contributed by atoms with Crippen molar-refractivity contribution in [2.45, 2.75) is 57.7 Å². The number of nitrogens with one attached hydrogen (secondary N) is 1. The summed E-state index contributed by atoms with van der Waals surface area (Å²) in [6, 6.07) is 7.43. The lowest BCUT2D eigenvalue weighted by atomic mass is 9.79. The molecule has 1 fully saturated rings. The number of carboxylic acids is 1. The van der Waals surface area contributed by atoms with Crippen molar-refractivity contribution in [3.05, 3.63) is 47.7 Å². The van der Waals surface area contributed by atoms with Crippen LogP contribution in [0.1, 0.15) is 56.7 Å². The van der Waals surface area contributed by atoms with Gasteiger partial charge in [-0.1, -0.05) is 0 Å². The number of hydrogen-bond donors (Lipinski definition) is 4. The van der Waals surface area contributed by atoms with E-state index in [0.29, 0.717) is 29.9 Å². The van der Waals surface area contributed by atoms with E-state index in [-0.39, 0.29) is 23.3 Å². The zero-order chi connectivity index (χ0) is 23.0. The topological polar surface area (TPSA) is 123 Å². The smallest absolute Gasteiger partial charge is 0.339 e. The zero-order valence-electron chi connectivity index (χ0n) is 18.0. The minimum atomic E-state index is -1.24. The molecule has 1 aromatic carbocycles. The van der Waals surface area contributed by atoms with Crippen molar-refractivity contribution in [2.75, 3.05) is 0 Å². The summed E-state index contributed by atoms with van der Waals surface area (Å²) in [5.74, 6) is -0.972. The normalized spacial score (nSPS) is 18.9. The van der Waals surface area contributed by atoms with Crippen molar-refractivity contribution in [3.8, 4) is 17.1 Å². The van der Waals surface area contributed by atoms with Gasteiger partial charge < -0.3 is 25.2 Å². The maximum atomic E-state index is 12.4. The summed E-state index contributed by atoms with van der Waals surface area (Å²) < 4.78 is 5.68. The van der Waals surface area contributed by atoms with E-state index in [1.54, 1.807) is 18.2 Å². The highest BCUT2D eigenvalue weighted by molar-refractivity contribution is 5.93. The van der Waals surface area contributed by atoms with Gasteiger partial charge in [-0.2, -0.15) is 5.06 Å². The minimum absolute atomic E-state index is 0.0795. The van der Waals surface area contributed by atoms with Gasteiger partial charge in [-0.25, -0.2) is 4.79 Å². The number of phenols is 1. The summed E-state index contributed by atoms with van der Waals surface area (Å²) in [7, 11) is 0. The van der Waals surface area contributed by atoms with E-state index in [0.717, 1.165) is 0 Å². The number of carbonyl (C=O) groups is 2. The van der Waals surface area contributed by atoms with Crippen LogP contribution in [0.3, 0.4) is 0 Å². The van der Waals surface area contributed by atoms with Crippen molar-refractivity contribution in [1.29, 1.82) is 0 Å². The number of piperidine rings is 1. The summed E-state index contributed by atoms with van der Waals surface area (Å²) in [6.45, 7) is 7.75. The van der Waals surface area contributed by atoms with E-state index >= 15 is 0 Å². The molecule has 0 saturated carbocycles. The van der Waals surface area contributed by atoms with Gasteiger partial charge in [-0.05, 0) is 76.9 Å². The van der Waals surface area contributed by atoms with Crippen LogP contribution < -0.4 is 5.32 Å². The van der Waals surface area contributed by atoms with Crippen LogP contribution in [-0.4, -0.2) is 49.5 Å². The maximum Gasteiger partial charge on any atom is 0.339 e. The molecule has 2 heterocycles. The fraction of sp³-hybridized carbons (Fsp3) is 0.391. The highest BCUT2D eigenvalue weighted by atomic mass is 16.5. The molecule has 0 radical (unpaired) electrons. The van der Waals surface area contributed by atoms with Gasteiger partial charge >= 0.3 is 5.97 Å². The lowest BCUT2D eigenvalue weighted by Crippen LogP contribution is -2.62. The summed E-state index contributed by atoms with van der Waals surface area (Å²) in [5, 5.41) is 33.5. The van der Waals surface area contributed by atoms with Crippen molar-refractivity contribution < 1.29 is 29.4 Å². The third kappa shape index (κ3) is 4.98. The van der Waals surface area contributed by atoms with Crippen LogP contribution >= 0.6 is 0 Å². The van der Waals surface area contributed by atoms with Crippen molar-refractivity contribution in [3.63, 3.8) is 0 Å². The van der Waals surface area contributed by atoms with E-state index in [4.69, 9.17) is 9.52 Å². The number of aromatic carboxylic acids is 1. The largest absolute Gasteiger partial charge is 0.507 e. The summed E-state index contributed by atoms with van der Waals surface area (Å²) in [4.78, 5) is 23.6. The van der Waals surface area contributed by atoms with Gasteiger partial charge in [0.2, 0.25) is 5.91 Å². The third-order valence-corrected chi connectivity index (χ3v) is 5.52. The molecule has 2 aromatic rings. The van der Waals surface area contributed by atoms with Crippen molar-refractivity contribution in [1.82, 2.24) is 10.4 Å². The second-order valence-corrected chi connectivity index (χ2v) is 9.12. The van der Waals surface area contributed by atoms with E-state index in [2.05, 4.69) is 5.32 Å². The minimum Gasteiger partial charge on any atom is -0.507 e. The van der Waals surface area contributed by atoms with E-state index in [1.807, 2.05) is 27.7 Å². The third-order valence-electron chi connectivity index (χ3n) is 5.52. The van der Waals surface area contributed by atoms with Crippen LogP contribution in [0.25, 0.3) is 17.4 Å². The zero-order valence-corrected chi connectivity index (χ0v) is 18.0. The first-order chi connectivity index (χ1) is 14.4. The van der Waals surface area contributed by atoms with Gasteiger partial charge in [0.25, 0.3) is 0 Å². The van der Waals surface area contributed by atoms with Crippen molar-refractivity contribution >= 4 is 18.0 Å². The number of rotatable bonds is 5.